The fourth-order valence-corrected chi connectivity index (χ4v) is 7.65. The molecule has 10 heteroatoms. The predicted molar refractivity (Wildman–Crippen MR) is 176 cm³/mol. The van der Waals surface area contributed by atoms with Crippen LogP contribution in [-0.4, -0.2) is 61.2 Å². The van der Waals surface area contributed by atoms with Gasteiger partial charge < -0.3 is 32.9 Å². The summed E-state index contributed by atoms with van der Waals surface area (Å²) in [7, 11) is 0.718. The summed E-state index contributed by atoms with van der Waals surface area (Å²) in [5.41, 5.74) is 3.80. The number of rotatable bonds is 9. The molecule has 0 aliphatic carbocycles. The molecule has 0 bridgehead atoms. The van der Waals surface area contributed by atoms with E-state index in [-0.39, 0.29) is 29.5 Å². The molecule has 2 atom stereocenters. The first-order valence-corrected chi connectivity index (χ1v) is 21.1. The van der Waals surface area contributed by atoms with Crippen LogP contribution in [0, 0.1) is 0 Å². The molecule has 0 aromatic heterocycles. The summed E-state index contributed by atoms with van der Waals surface area (Å²) >= 11 is 0. The first kappa shape index (κ1) is 33.6. The Morgan fingerprint density at radius 2 is 1.60 bits per heavy atom. The van der Waals surface area contributed by atoms with Gasteiger partial charge >= 0.3 is 0 Å². The number of likely N-dealkylation sites (N-methyl/N-ethyl adjacent to an activating group) is 1. The molecule has 0 saturated heterocycles. The maximum absolute atomic E-state index is 10.8. The minimum Gasteiger partial charge on any atom is -0.541 e. The van der Waals surface area contributed by atoms with Crippen molar-refractivity contribution in [3.8, 4) is 28.7 Å². The summed E-state index contributed by atoms with van der Waals surface area (Å²) in [6.07, 6.45) is 0.410. The number of ether oxygens (including phenoxy) is 4. The van der Waals surface area contributed by atoms with Gasteiger partial charge in [-0.1, -0.05) is 47.6 Å². The maximum Gasteiger partial charge on any atom is 0.250 e. The third-order valence-corrected chi connectivity index (χ3v) is 18.9. The largest absolute Gasteiger partial charge is 0.541 e. The van der Waals surface area contributed by atoms with Crippen molar-refractivity contribution in [2.45, 2.75) is 103 Å². The third-order valence-electron chi connectivity index (χ3n) is 10.1. The minimum absolute atomic E-state index is 0.0252. The predicted octanol–water partition coefficient (Wildman–Crippen LogP) is 7.60. The lowest BCUT2D eigenvalue weighted by molar-refractivity contribution is 0.0609. The van der Waals surface area contributed by atoms with Gasteiger partial charge in [0.25, 0.3) is 8.32 Å². The fraction of sp³-hybridized carbons (Fsp3) is 0.636. The number of nitrogens with zero attached hydrogens (tertiary/aromatic N) is 1. The van der Waals surface area contributed by atoms with Crippen molar-refractivity contribution in [1.82, 2.24) is 4.90 Å². The summed E-state index contributed by atoms with van der Waals surface area (Å²) in [6.45, 7) is 23.3. The second-order valence-electron chi connectivity index (χ2n) is 14.9. The van der Waals surface area contributed by atoms with Crippen LogP contribution in [0.25, 0.3) is 0 Å². The molecule has 240 valence electrons. The summed E-state index contributed by atoms with van der Waals surface area (Å²) in [5.74, 6) is 3.27. The first-order chi connectivity index (χ1) is 19.9. The van der Waals surface area contributed by atoms with Gasteiger partial charge in [-0.3, -0.25) is 4.90 Å². The number of hydrogen-bond acceptors (Lipinski definition) is 8. The van der Waals surface area contributed by atoms with Crippen LogP contribution in [0.3, 0.4) is 0 Å². The van der Waals surface area contributed by atoms with Gasteiger partial charge in [0, 0.05) is 17.7 Å². The zero-order valence-corrected chi connectivity index (χ0v) is 30.6. The Balaban J connectivity index is 2.04. The van der Waals surface area contributed by atoms with E-state index in [9.17, 15) is 5.11 Å². The molecular formula is C33H53NO7Si2. The van der Waals surface area contributed by atoms with Gasteiger partial charge in [-0.05, 0) is 73.0 Å². The number of aliphatic hydroxyl groups is 1. The van der Waals surface area contributed by atoms with Crippen molar-refractivity contribution in [2.75, 3.05) is 34.6 Å². The third kappa shape index (κ3) is 6.18. The second kappa shape index (κ2) is 11.9. The highest BCUT2D eigenvalue weighted by Gasteiger charge is 2.48. The highest BCUT2D eigenvalue weighted by atomic mass is 28.4. The smallest absolute Gasteiger partial charge is 0.250 e. The highest BCUT2D eigenvalue weighted by Crippen LogP contribution is 2.56. The Bertz CT molecular complexity index is 1330. The number of hydrogen-bond donors (Lipinski definition) is 1. The van der Waals surface area contributed by atoms with Crippen LogP contribution >= 0.6 is 0 Å². The van der Waals surface area contributed by atoms with Crippen LogP contribution in [0.2, 0.25) is 36.3 Å². The van der Waals surface area contributed by atoms with Crippen LogP contribution in [0.15, 0.2) is 18.2 Å². The van der Waals surface area contributed by atoms with E-state index in [1.807, 2.05) is 12.1 Å². The lowest BCUT2D eigenvalue weighted by Crippen LogP contribution is -2.47. The lowest BCUT2D eigenvalue weighted by atomic mass is 9.84. The van der Waals surface area contributed by atoms with E-state index >= 15 is 0 Å². The number of aliphatic hydroxyl groups excluding tert-OH is 1. The topological polar surface area (TPSA) is 78.9 Å². The maximum atomic E-state index is 10.8. The van der Waals surface area contributed by atoms with Crippen molar-refractivity contribution >= 4 is 16.6 Å². The van der Waals surface area contributed by atoms with Crippen molar-refractivity contribution in [3.63, 3.8) is 0 Å². The molecule has 2 aromatic carbocycles. The van der Waals surface area contributed by atoms with E-state index in [2.05, 4.69) is 85.7 Å². The van der Waals surface area contributed by atoms with Gasteiger partial charge in [-0.15, -0.1) is 0 Å². The molecule has 2 aliphatic heterocycles. The molecule has 0 spiro atoms. The van der Waals surface area contributed by atoms with Crippen LogP contribution in [0.4, 0.5) is 0 Å². The molecule has 0 unspecified atom stereocenters. The van der Waals surface area contributed by atoms with Gasteiger partial charge in [0.2, 0.25) is 12.5 Å². The standard InChI is InChI=1S/C33H53NO7Si2/c1-32(2,3)42(10,11)40-29(22-14-15-24(36-8)28(37-9)23(22)19-35)27-26-21(16-17-34(27)7)18-25-30(39-20-38-25)31(26)41-43(12,13)33(4,5)6/h14-15,18,27,29,35H,16-17,19-20H2,1-13H3/t27-,29+/m1/s1. The Morgan fingerprint density at radius 3 is 2.16 bits per heavy atom. The highest BCUT2D eigenvalue weighted by molar-refractivity contribution is 6.75. The average Bonchev–Trinajstić information content (AvgIpc) is 3.38. The SMILES string of the molecule is COc1ccc([C@H](O[Si](C)(C)C(C)(C)C)[C@H]2c3c(cc4c(c3O[Si](C)(C)C(C)(C)C)OCO4)CCN2C)c(CO)c1OC. The normalized spacial score (nSPS) is 18.3. The molecule has 1 N–H and O–H groups in total. The first-order valence-electron chi connectivity index (χ1n) is 15.3. The van der Waals surface area contributed by atoms with Crippen molar-refractivity contribution in [1.29, 1.82) is 0 Å². The van der Waals surface area contributed by atoms with Gasteiger partial charge in [0.15, 0.2) is 31.3 Å². The molecule has 8 nitrogen and oxygen atoms in total. The fourth-order valence-electron chi connectivity index (χ4n) is 5.38. The molecule has 43 heavy (non-hydrogen) atoms. The van der Waals surface area contributed by atoms with E-state index in [0.29, 0.717) is 22.8 Å². The summed E-state index contributed by atoms with van der Waals surface area (Å²) in [6, 6.07) is 5.83. The Morgan fingerprint density at radius 1 is 0.953 bits per heavy atom. The Kier molecular flexibility index (Phi) is 9.33. The van der Waals surface area contributed by atoms with E-state index in [0.717, 1.165) is 35.6 Å². The van der Waals surface area contributed by atoms with Crippen LogP contribution < -0.4 is 23.4 Å². The zero-order chi connectivity index (χ0) is 32.1. The molecule has 0 saturated carbocycles. The van der Waals surface area contributed by atoms with Crippen molar-refractivity contribution in [2.24, 2.45) is 0 Å². The van der Waals surface area contributed by atoms with Crippen molar-refractivity contribution < 1.29 is 32.9 Å². The molecule has 2 aliphatic rings. The van der Waals surface area contributed by atoms with Gasteiger partial charge in [-0.25, -0.2) is 0 Å². The summed E-state index contributed by atoms with van der Waals surface area (Å²) < 4.78 is 38.1. The minimum atomic E-state index is -2.35. The molecule has 4 rings (SSSR count). The molecule has 2 aromatic rings. The average molecular weight is 632 g/mol. The van der Waals surface area contributed by atoms with Crippen LogP contribution in [0.1, 0.15) is 75.9 Å². The molecule has 0 radical (unpaired) electrons. The number of benzene rings is 2. The van der Waals surface area contributed by atoms with Crippen molar-refractivity contribution in [3.05, 3.63) is 40.5 Å². The van der Waals surface area contributed by atoms with Crippen LogP contribution in [0.5, 0.6) is 28.7 Å². The second-order valence-corrected chi connectivity index (χ2v) is 24.4. The van der Waals surface area contributed by atoms with Gasteiger partial charge in [0.1, 0.15) is 0 Å². The molecular weight excluding hydrogens is 579 g/mol. The monoisotopic (exact) mass is 631 g/mol. The van der Waals surface area contributed by atoms with Gasteiger partial charge in [0.05, 0.1) is 33.0 Å². The van der Waals surface area contributed by atoms with Gasteiger partial charge in [-0.2, -0.15) is 0 Å². The quantitative estimate of drug-likeness (QED) is 0.284. The number of methoxy groups -OCH3 is 2. The summed E-state index contributed by atoms with van der Waals surface area (Å²) in [4.78, 5) is 2.36. The molecule has 2 heterocycles. The van der Waals surface area contributed by atoms with E-state index in [4.69, 9.17) is 27.8 Å². The molecule has 0 amide bonds. The summed E-state index contributed by atoms with van der Waals surface area (Å²) in [5, 5.41) is 10.7. The van der Waals surface area contributed by atoms with E-state index in [1.54, 1.807) is 14.2 Å². The van der Waals surface area contributed by atoms with Crippen LogP contribution in [-0.2, 0) is 17.5 Å². The van der Waals surface area contributed by atoms with E-state index < -0.39 is 22.7 Å². The lowest BCUT2D eigenvalue weighted by Gasteiger charge is -2.47. The zero-order valence-electron chi connectivity index (χ0n) is 28.6. The number of fused-ring (bicyclic) bond motifs is 2. The van der Waals surface area contributed by atoms with E-state index in [1.165, 1.54) is 5.56 Å². The Labute approximate surface area is 260 Å². The Hall–Kier alpha value is -2.25. The molecule has 0 fully saturated rings.